The van der Waals surface area contributed by atoms with Crippen molar-refractivity contribution in [1.29, 1.82) is 0 Å². The van der Waals surface area contributed by atoms with E-state index in [0.717, 1.165) is 90.0 Å². The summed E-state index contributed by atoms with van der Waals surface area (Å²) in [4.78, 5) is 14.4. The van der Waals surface area contributed by atoms with Gasteiger partial charge in [0, 0.05) is 46.1 Å². The molecule has 0 N–H and O–H groups in total. The van der Waals surface area contributed by atoms with Crippen molar-refractivity contribution in [3.05, 3.63) is 255 Å². The van der Waals surface area contributed by atoms with Gasteiger partial charge < -0.3 is 9.80 Å². The van der Waals surface area contributed by atoms with Crippen LogP contribution in [0.15, 0.2) is 255 Å². The first kappa shape index (κ1) is 37.9. The lowest BCUT2D eigenvalue weighted by atomic mass is 9.92. The smallest absolute Gasteiger partial charge is 0.0730 e. The lowest BCUT2D eigenvalue weighted by Gasteiger charge is -2.34. The molecule has 0 saturated carbocycles. The van der Waals surface area contributed by atoms with Gasteiger partial charge in [-0.1, -0.05) is 170 Å². The molecule has 0 aliphatic rings. The lowest BCUT2D eigenvalue weighted by Crippen LogP contribution is -2.16. The highest BCUT2D eigenvalue weighted by molar-refractivity contribution is 6.01. The molecule has 2 aromatic heterocycles. The summed E-state index contributed by atoms with van der Waals surface area (Å²) in [7, 11) is 0. The highest BCUT2D eigenvalue weighted by atomic mass is 15.2. The summed E-state index contributed by atoms with van der Waals surface area (Å²) in [6.07, 6.45) is 3.69. The minimum Gasteiger partial charge on any atom is -0.310 e. The predicted molar refractivity (Wildman–Crippen MR) is 259 cm³/mol. The van der Waals surface area contributed by atoms with E-state index in [0.29, 0.717) is 0 Å². The van der Waals surface area contributed by atoms with Crippen LogP contribution in [0.25, 0.3) is 55.9 Å². The molecule has 0 saturated heterocycles. The zero-order chi connectivity index (χ0) is 41.5. The molecule has 10 aromatic rings. The van der Waals surface area contributed by atoms with Gasteiger partial charge in [0.1, 0.15) is 0 Å². The van der Waals surface area contributed by atoms with E-state index in [4.69, 9.17) is 4.98 Å². The molecule has 0 fully saturated rings. The van der Waals surface area contributed by atoms with Crippen LogP contribution < -0.4 is 9.80 Å². The maximum absolute atomic E-state index is 5.31. The lowest BCUT2D eigenvalue weighted by molar-refractivity contribution is 1.23. The van der Waals surface area contributed by atoms with Crippen LogP contribution in [0.5, 0.6) is 0 Å². The van der Waals surface area contributed by atoms with Crippen LogP contribution in [0.4, 0.5) is 34.1 Å². The van der Waals surface area contributed by atoms with Crippen molar-refractivity contribution in [3.8, 4) is 55.9 Å². The summed E-state index contributed by atoms with van der Waals surface area (Å²) in [6, 6.07) is 85.9. The molecule has 4 nitrogen and oxygen atoms in total. The van der Waals surface area contributed by atoms with Crippen LogP contribution in [0, 0.1) is 0 Å². The predicted octanol–water partition coefficient (Wildman–Crippen LogP) is 15.8. The van der Waals surface area contributed by atoms with Crippen LogP contribution in [0.2, 0.25) is 0 Å². The van der Waals surface area contributed by atoms with Crippen molar-refractivity contribution in [2.45, 2.75) is 0 Å². The summed E-state index contributed by atoms with van der Waals surface area (Å²) < 4.78 is 0. The molecule has 0 spiro atoms. The number of nitrogens with zero attached hydrogens (tertiary/aromatic N) is 4. The van der Waals surface area contributed by atoms with Crippen molar-refractivity contribution in [2.24, 2.45) is 0 Å². The molecular weight excluding hydrogens is 753 g/mol. The first-order valence-electron chi connectivity index (χ1n) is 20.9. The fourth-order valence-corrected chi connectivity index (χ4v) is 8.18. The Bertz CT molecular complexity index is 2920. The largest absolute Gasteiger partial charge is 0.310 e. The van der Waals surface area contributed by atoms with Gasteiger partial charge in [-0.2, -0.15) is 0 Å². The monoisotopic (exact) mass is 794 g/mol. The van der Waals surface area contributed by atoms with Crippen molar-refractivity contribution in [2.75, 3.05) is 9.80 Å². The number of aromatic nitrogens is 2. The standard InChI is InChI=1S/C58H42N4/c1-7-19-46(20-8-1)54-41-53(42-55(60-54)47-21-9-2-10-22-47)62(52-29-17-6-18-30-52)57-40-49(44-33-31-43(32-34-44)45-35-37-59-38-36-45)39-56(58(57)48-23-11-3-12-24-48)61(50-25-13-4-14-26-50)51-27-15-5-16-28-51/h1-42H. The highest BCUT2D eigenvalue weighted by Gasteiger charge is 2.27. The van der Waals surface area contributed by atoms with Gasteiger partial charge in [0.25, 0.3) is 0 Å². The number of benzene rings is 8. The molecule has 62 heavy (non-hydrogen) atoms. The Balaban J connectivity index is 1.31. The molecule has 0 atom stereocenters. The molecule has 0 amide bonds. The quantitative estimate of drug-likeness (QED) is 0.131. The molecule has 8 aromatic carbocycles. The average Bonchev–Trinajstić information content (AvgIpc) is 3.36. The number of para-hydroxylation sites is 3. The van der Waals surface area contributed by atoms with Gasteiger partial charge in [0.2, 0.25) is 0 Å². The molecule has 0 aliphatic heterocycles. The van der Waals surface area contributed by atoms with E-state index >= 15 is 0 Å². The summed E-state index contributed by atoms with van der Waals surface area (Å²) >= 11 is 0. The van der Waals surface area contributed by atoms with Crippen molar-refractivity contribution >= 4 is 34.1 Å². The van der Waals surface area contributed by atoms with Crippen molar-refractivity contribution < 1.29 is 0 Å². The number of anilines is 6. The topological polar surface area (TPSA) is 32.3 Å². The average molecular weight is 795 g/mol. The van der Waals surface area contributed by atoms with E-state index in [-0.39, 0.29) is 0 Å². The molecule has 0 unspecified atom stereocenters. The van der Waals surface area contributed by atoms with E-state index in [1.54, 1.807) is 0 Å². The molecule has 10 rings (SSSR count). The van der Waals surface area contributed by atoms with E-state index in [9.17, 15) is 0 Å². The third-order valence-electron chi connectivity index (χ3n) is 11.1. The van der Waals surface area contributed by atoms with E-state index in [1.807, 2.05) is 12.4 Å². The Kier molecular flexibility index (Phi) is 10.7. The summed E-state index contributed by atoms with van der Waals surface area (Å²) in [5, 5.41) is 0. The number of hydrogen-bond acceptors (Lipinski definition) is 4. The molecular formula is C58H42N4. The van der Waals surface area contributed by atoms with Gasteiger partial charge in [0.05, 0.1) is 28.5 Å². The van der Waals surface area contributed by atoms with Gasteiger partial charge in [-0.3, -0.25) is 4.98 Å². The number of rotatable bonds is 11. The summed E-state index contributed by atoms with van der Waals surface area (Å²) in [5.74, 6) is 0. The fraction of sp³-hybridized carbons (Fsp3) is 0. The van der Waals surface area contributed by atoms with Crippen LogP contribution >= 0.6 is 0 Å². The molecule has 0 bridgehead atoms. The second-order valence-electron chi connectivity index (χ2n) is 15.1. The highest BCUT2D eigenvalue weighted by Crippen LogP contribution is 2.51. The van der Waals surface area contributed by atoms with Gasteiger partial charge in [-0.25, -0.2) is 4.98 Å². The Hall–Kier alpha value is -8.34. The Labute approximate surface area is 363 Å². The summed E-state index contributed by atoms with van der Waals surface area (Å²) in [5.41, 5.74) is 16.7. The van der Waals surface area contributed by atoms with Gasteiger partial charge >= 0.3 is 0 Å². The second-order valence-corrected chi connectivity index (χ2v) is 15.1. The Morgan fingerprint density at radius 3 is 1.02 bits per heavy atom. The minimum absolute atomic E-state index is 0.891. The molecule has 294 valence electrons. The van der Waals surface area contributed by atoms with Gasteiger partial charge in [0.15, 0.2) is 0 Å². The zero-order valence-electron chi connectivity index (χ0n) is 34.0. The van der Waals surface area contributed by atoms with Crippen LogP contribution in [-0.4, -0.2) is 9.97 Å². The molecule has 0 aliphatic carbocycles. The zero-order valence-corrected chi connectivity index (χ0v) is 34.0. The van der Waals surface area contributed by atoms with Crippen molar-refractivity contribution in [1.82, 2.24) is 9.97 Å². The van der Waals surface area contributed by atoms with E-state index in [2.05, 4.69) is 257 Å². The molecule has 4 heteroatoms. The second kappa shape index (κ2) is 17.5. The summed E-state index contributed by atoms with van der Waals surface area (Å²) in [6.45, 7) is 0. The first-order chi connectivity index (χ1) is 30.8. The third kappa shape index (κ3) is 7.89. The SMILES string of the molecule is c1ccc(-c2cc(N(c3ccccc3)c3cc(-c4ccc(-c5ccncc5)cc4)cc(N(c4ccccc4)c4ccccc4)c3-c3ccccc3)cc(-c3ccccc3)n2)cc1. The van der Waals surface area contributed by atoms with Crippen LogP contribution in [0.1, 0.15) is 0 Å². The van der Waals surface area contributed by atoms with Crippen molar-refractivity contribution in [3.63, 3.8) is 0 Å². The normalized spacial score (nSPS) is 10.9. The fourth-order valence-electron chi connectivity index (χ4n) is 8.18. The Morgan fingerprint density at radius 1 is 0.258 bits per heavy atom. The third-order valence-corrected chi connectivity index (χ3v) is 11.1. The number of hydrogen-bond donors (Lipinski definition) is 0. The van der Waals surface area contributed by atoms with Gasteiger partial charge in [-0.05, 0) is 101 Å². The molecule has 0 radical (unpaired) electrons. The van der Waals surface area contributed by atoms with E-state index < -0.39 is 0 Å². The maximum Gasteiger partial charge on any atom is 0.0730 e. The maximum atomic E-state index is 5.31. The Morgan fingerprint density at radius 2 is 0.597 bits per heavy atom. The molecule has 2 heterocycles. The van der Waals surface area contributed by atoms with Crippen LogP contribution in [-0.2, 0) is 0 Å². The first-order valence-corrected chi connectivity index (χ1v) is 20.9. The van der Waals surface area contributed by atoms with E-state index in [1.165, 1.54) is 0 Å². The number of pyridine rings is 2. The van der Waals surface area contributed by atoms with Gasteiger partial charge in [-0.15, -0.1) is 0 Å². The minimum atomic E-state index is 0.891. The van der Waals surface area contributed by atoms with Crippen LogP contribution in [0.3, 0.4) is 0 Å².